The van der Waals surface area contributed by atoms with Crippen molar-refractivity contribution in [2.75, 3.05) is 32.4 Å². The van der Waals surface area contributed by atoms with Crippen LogP contribution < -0.4 is 5.32 Å². The Labute approximate surface area is 189 Å². The van der Waals surface area contributed by atoms with Crippen LogP contribution in [0.15, 0.2) is 35.2 Å². The fourth-order valence-corrected chi connectivity index (χ4v) is 5.26. The summed E-state index contributed by atoms with van der Waals surface area (Å²) in [6.45, 7) is 0.648. The third-order valence-corrected chi connectivity index (χ3v) is 7.17. The van der Waals surface area contributed by atoms with Crippen molar-refractivity contribution in [2.24, 2.45) is 7.05 Å². The molecule has 0 saturated carbocycles. The number of amides is 1. The lowest BCUT2D eigenvalue weighted by Crippen LogP contribution is -2.46. The zero-order valence-corrected chi connectivity index (χ0v) is 18.9. The highest BCUT2D eigenvalue weighted by molar-refractivity contribution is 7.89. The summed E-state index contributed by atoms with van der Waals surface area (Å²) in [5, 5.41) is 5.76. The minimum absolute atomic E-state index is 0.0408. The number of ether oxygens (including phenoxy) is 2. The van der Waals surface area contributed by atoms with E-state index in [1.807, 2.05) is 0 Å². The summed E-state index contributed by atoms with van der Waals surface area (Å²) in [5.41, 5.74) is -1.24. The smallest absolute Gasteiger partial charge is 0.359 e. The molecule has 33 heavy (non-hydrogen) atoms. The van der Waals surface area contributed by atoms with Crippen LogP contribution in [-0.2, 0) is 32.7 Å². The maximum Gasteiger partial charge on any atom is 0.435 e. The standard InChI is InChI=1S/C20H25F3N4O5S/c1-26-17(11-18(25-26)20(21,22)23)19(28)24-14-6-8-16(9-7-14)33(29,30)27-10-4-3-5-15(27)12-32-13-31-2/h6-9,11,15H,3-5,10,12-13H2,1-2H3,(H,24,28). The molecule has 1 saturated heterocycles. The Hall–Kier alpha value is -2.48. The number of nitrogens with zero attached hydrogens (tertiary/aromatic N) is 3. The second-order valence-corrected chi connectivity index (χ2v) is 9.45. The van der Waals surface area contributed by atoms with E-state index in [2.05, 4.69) is 10.4 Å². The number of carbonyl (C=O) groups excluding carboxylic acids is 1. The molecule has 1 amide bonds. The highest BCUT2D eigenvalue weighted by Crippen LogP contribution is 2.29. The number of aryl methyl sites for hydroxylation is 1. The molecule has 2 heterocycles. The number of benzene rings is 1. The predicted molar refractivity (Wildman–Crippen MR) is 112 cm³/mol. The fraction of sp³-hybridized carbons (Fsp3) is 0.500. The number of hydrogen-bond donors (Lipinski definition) is 1. The van der Waals surface area contributed by atoms with Crippen LogP contribution in [0, 0.1) is 0 Å². The van der Waals surface area contributed by atoms with Crippen LogP contribution in [0.3, 0.4) is 0 Å². The number of halogens is 3. The van der Waals surface area contributed by atoms with Crippen LogP contribution in [-0.4, -0.2) is 61.5 Å². The molecule has 9 nitrogen and oxygen atoms in total. The Morgan fingerprint density at radius 1 is 1.24 bits per heavy atom. The first kappa shape index (κ1) is 25.1. The molecule has 2 aromatic rings. The van der Waals surface area contributed by atoms with Gasteiger partial charge >= 0.3 is 6.18 Å². The minimum atomic E-state index is -4.67. The van der Waals surface area contributed by atoms with Gasteiger partial charge in [-0.2, -0.15) is 22.6 Å². The van der Waals surface area contributed by atoms with E-state index in [-0.39, 0.29) is 35.7 Å². The number of methoxy groups -OCH3 is 1. The van der Waals surface area contributed by atoms with Crippen molar-refractivity contribution < 1.29 is 35.9 Å². The quantitative estimate of drug-likeness (QED) is 0.451. The lowest BCUT2D eigenvalue weighted by atomic mass is 10.1. The molecule has 0 radical (unpaired) electrons. The lowest BCUT2D eigenvalue weighted by Gasteiger charge is -2.34. The molecule has 1 unspecified atom stereocenters. The van der Waals surface area contributed by atoms with Crippen molar-refractivity contribution in [3.63, 3.8) is 0 Å². The van der Waals surface area contributed by atoms with Gasteiger partial charge in [-0.1, -0.05) is 6.42 Å². The number of aromatic nitrogens is 2. The summed E-state index contributed by atoms with van der Waals surface area (Å²) in [7, 11) is -1.09. The van der Waals surface area contributed by atoms with Crippen LogP contribution in [0.5, 0.6) is 0 Å². The maximum absolute atomic E-state index is 13.2. The summed E-state index contributed by atoms with van der Waals surface area (Å²) in [6, 6.07) is 5.79. The molecule has 0 aliphatic carbocycles. The summed E-state index contributed by atoms with van der Waals surface area (Å²) in [6.07, 6.45) is -2.38. The lowest BCUT2D eigenvalue weighted by molar-refractivity contribution is -0.141. The second-order valence-electron chi connectivity index (χ2n) is 7.56. The van der Waals surface area contributed by atoms with Crippen molar-refractivity contribution in [1.82, 2.24) is 14.1 Å². The number of piperidine rings is 1. The SMILES string of the molecule is COCOCC1CCCCN1S(=O)(=O)c1ccc(NC(=O)c2cc(C(F)(F)F)nn2C)cc1. The molecule has 0 bridgehead atoms. The molecule has 3 rings (SSSR count). The largest absolute Gasteiger partial charge is 0.435 e. The van der Waals surface area contributed by atoms with Crippen molar-refractivity contribution in [3.05, 3.63) is 41.7 Å². The van der Waals surface area contributed by atoms with Crippen LogP contribution in [0.2, 0.25) is 0 Å². The van der Waals surface area contributed by atoms with Gasteiger partial charge in [0.25, 0.3) is 5.91 Å². The van der Waals surface area contributed by atoms with Gasteiger partial charge in [0.15, 0.2) is 5.69 Å². The molecule has 1 N–H and O–H groups in total. The van der Waals surface area contributed by atoms with Crippen LogP contribution >= 0.6 is 0 Å². The van der Waals surface area contributed by atoms with E-state index in [1.54, 1.807) is 0 Å². The Bertz CT molecular complexity index is 1070. The first-order chi connectivity index (χ1) is 15.5. The van der Waals surface area contributed by atoms with E-state index in [0.717, 1.165) is 17.5 Å². The molecule has 1 fully saturated rings. The Balaban J connectivity index is 1.72. The van der Waals surface area contributed by atoms with Crippen LogP contribution in [0.25, 0.3) is 0 Å². The number of anilines is 1. The Morgan fingerprint density at radius 3 is 2.55 bits per heavy atom. The molecule has 1 aromatic carbocycles. The Kier molecular flexibility index (Phi) is 7.77. The van der Waals surface area contributed by atoms with Crippen LogP contribution in [0.4, 0.5) is 18.9 Å². The number of alkyl halides is 3. The summed E-state index contributed by atoms with van der Waals surface area (Å²) in [4.78, 5) is 12.4. The van der Waals surface area contributed by atoms with E-state index < -0.39 is 27.8 Å². The first-order valence-corrected chi connectivity index (χ1v) is 11.6. The molecule has 1 aromatic heterocycles. The first-order valence-electron chi connectivity index (χ1n) is 10.1. The van der Waals surface area contributed by atoms with Gasteiger partial charge in [-0.25, -0.2) is 8.42 Å². The summed E-state index contributed by atoms with van der Waals surface area (Å²) >= 11 is 0. The van der Waals surface area contributed by atoms with Crippen LogP contribution in [0.1, 0.15) is 35.4 Å². The highest BCUT2D eigenvalue weighted by atomic mass is 32.2. The van der Waals surface area contributed by atoms with Gasteiger partial charge in [0.1, 0.15) is 12.5 Å². The van der Waals surface area contributed by atoms with Crippen molar-refractivity contribution in [3.8, 4) is 0 Å². The van der Waals surface area contributed by atoms with Crippen molar-refractivity contribution in [2.45, 2.75) is 36.4 Å². The number of nitrogens with one attached hydrogen (secondary N) is 1. The average Bonchev–Trinajstić information content (AvgIpc) is 3.17. The third kappa shape index (κ3) is 5.91. The van der Waals surface area contributed by atoms with Crippen molar-refractivity contribution in [1.29, 1.82) is 0 Å². The molecule has 182 valence electrons. The zero-order chi connectivity index (χ0) is 24.2. The van der Waals surface area contributed by atoms with Crippen molar-refractivity contribution >= 4 is 21.6 Å². The number of sulfonamides is 1. The van der Waals surface area contributed by atoms with E-state index in [4.69, 9.17) is 9.47 Å². The number of hydrogen-bond acceptors (Lipinski definition) is 6. The maximum atomic E-state index is 13.2. The van der Waals surface area contributed by atoms with Gasteiger partial charge in [-0.15, -0.1) is 0 Å². The van der Waals surface area contributed by atoms with E-state index in [1.165, 1.54) is 42.7 Å². The summed E-state index contributed by atoms with van der Waals surface area (Å²) in [5.74, 6) is -0.803. The molecular formula is C20H25F3N4O5S. The zero-order valence-electron chi connectivity index (χ0n) is 18.1. The van der Waals surface area contributed by atoms with Gasteiger partial charge in [0.2, 0.25) is 10.0 Å². The number of carbonyl (C=O) groups is 1. The molecule has 13 heteroatoms. The molecule has 1 aliphatic rings. The topological polar surface area (TPSA) is 103 Å². The average molecular weight is 491 g/mol. The molecule has 1 aliphatic heterocycles. The predicted octanol–water partition coefficient (Wildman–Crippen LogP) is 2.85. The monoisotopic (exact) mass is 490 g/mol. The van der Waals surface area contributed by atoms with Gasteiger partial charge in [0, 0.05) is 38.5 Å². The second kappa shape index (κ2) is 10.2. The summed E-state index contributed by atoms with van der Waals surface area (Å²) < 4.78 is 77.2. The van der Waals surface area contributed by atoms with Gasteiger partial charge < -0.3 is 14.8 Å². The van der Waals surface area contributed by atoms with E-state index in [0.29, 0.717) is 19.0 Å². The molecular weight excluding hydrogens is 465 g/mol. The minimum Gasteiger partial charge on any atom is -0.359 e. The fourth-order valence-electron chi connectivity index (χ4n) is 3.58. The van der Waals surface area contributed by atoms with Gasteiger partial charge in [-0.05, 0) is 37.1 Å². The number of rotatable bonds is 8. The van der Waals surface area contributed by atoms with Gasteiger partial charge in [0.05, 0.1) is 11.5 Å². The third-order valence-electron chi connectivity index (χ3n) is 5.21. The van der Waals surface area contributed by atoms with E-state index in [9.17, 15) is 26.4 Å². The molecule has 0 spiro atoms. The van der Waals surface area contributed by atoms with Gasteiger partial charge in [-0.3, -0.25) is 9.48 Å². The molecule has 1 atom stereocenters. The normalized spacial score (nSPS) is 17.8. The Morgan fingerprint density at radius 2 is 1.94 bits per heavy atom. The van der Waals surface area contributed by atoms with E-state index >= 15 is 0 Å². The highest BCUT2D eigenvalue weighted by Gasteiger charge is 2.36.